The number of aromatic amines is 1. The minimum absolute atomic E-state index is 0.143. The number of carboxylic acids is 1. The van der Waals surface area contributed by atoms with E-state index in [0.717, 1.165) is 0 Å². The highest BCUT2D eigenvalue weighted by Crippen LogP contribution is 2.26. The number of benzene rings is 1. The van der Waals surface area contributed by atoms with Gasteiger partial charge in [0.25, 0.3) is 0 Å². The van der Waals surface area contributed by atoms with E-state index in [4.69, 9.17) is 10.8 Å². The highest BCUT2D eigenvalue weighted by Gasteiger charge is 2.15. The number of H-pyrrole nitrogens is 1. The summed E-state index contributed by atoms with van der Waals surface area (Å²) in [5.74, 6) is -0.556. The number of anilines is 1. The Labute approximate surface area is 85.6 Å². The van der Waals surface area contributed by atoms with Crippen LogP contribution in [0.4, 0.5) is 5.69 Å². The van der Waals surface area contributed by atoms with Gasteiger partial charge in [-0.05, 0) is 12.1 Å². The molecule has 0 radical (unpaired) electrons. The molecule has 1 aromatic heterocycles. The van der Waals surface area contributed by atoms with Crippen LogP contribution in [0.3, 0.4) is 0 Å². The minimum atomic E-state index is -1.02. The summed E-state index contributed by atoms with van der Waals surface area (Å²) in [7, 11) is 0. The molecule has 0 aliphatic rings. The molecule has 2 aromatic rings. The Balaban J connectivity index is 2.68. The van der Waals surface area contributed by atoms with Gasteiger partial charge < -0.3 is 15.8 Å². The molecule has 0 saturated heterocycles. The lowest BCUT2D eigenvalue weighted by Crippen LogP contribution is -2.03. The highest BCUT2D eigenvalue weighted by atomic mass is 16.4. The first kappa shape index (κ1) is 9.26. The van der Waals surface area contributed by atoms with Crippen LogP contribution in [0.2, 0.25) is 0 Å². The van der Waals surface area contributed by atoms with Gasteiger partial charge in [-0.3, -0.25) is 0 Å². The number of carboxylic acid groups (broad SMARTS) is 1. The molecule has 0 unspecified atom stereocenters. The van der Waals surface area contributed by atoms with Gasteiger partial charge in [-0.15, -0.1) is 0 Å². The van der Waals surface area contributed by atoms with E-state index in [1.165, 1.54) is 6.07 Å². The van der Waals surface area contributed by atoms with E-state index in [2.05, 4.69) is 9.97 Å². The van der Waals surface area contributed by atoms with E-state index in [-0.39, 0.29) is 5.56 Å². The molecule has 0 bridgehead atoms. The molecule has 76 valence electrons. The summed E-state index contributed by atoms with van der Waals surface area (Å²) in [4.78, 5) is 17.8. The van der Waals surface area contributed by atoms with Crippen molar-refractivity contribution in [1.82, 2.24) is 9.97 Å². The van der Waals surface area contributed by atoms with E-state index >= 15 is 0 Å². The van der Waals surface area contributed by atoms with E-state index in [1.54, 1.807) is 24.5 Å². The van der Waals surface area contributed by atoms with Crippen molar-refractivity contribution in [2.45, 2.75) is 0 Å². The van der Waals surface area contributed by atoms with Gasteiger partial charge in [-0.2, -0.15) is 0 Å². The van der Waals surface area contributed by atoms with E-state index in [1.807, 2.05) is 0 Å². The van der Waals surface area contributed by atoms with Crippen LogP contribution >= 0.6 is 0 Å². The smallest absolute Gasteiger partial charge is 0.336 e. The van der Waals surface area contributed by atoms with Gasteiger partial charge in [0.2, 0.25) is 0 Å². The Morgan fingerprint density at radius 1 is 1.47 bits per heavy atom. The lowest BCUT2D eigenvalue weighted by atomic mass is 10.1. The van der Waals surface area contributed by atoms with Crippen LogP contribution in [0, 0.1) is 0 Å². The van der Waals surface area contributed by atoms with Gasteiger partial charge >= 0.3 is 5.97 Å². The number of nitrogens with zero attached hydrogens (tertiary/aromatic N) is 1. The fraction of sp³-hybridized carbons (Fsp3) is 0. The summed E-state index contributed by atoms with van der Waals surface area (Å²) >= 11 is 0. The van der Waals surface area contributed by atoms with Crippen LogP contribution in [0.1, 0.15) is 10.4 Å². The Morgan fingerprint density at radius 3 is 2.87 bits per heavy atom. The van der Waals surface area contributed by atoms with Gasteiger partial charge in [0.05, 0.1) is 11.1 Å². The fourth-order valence-electron chi connectivity index (χ4n) is 1.41. The molecule has 1 aromatic carbocycles. The van der Waals surface area contributed by atoms with Crippen molar-refractivity contribution in [3.63, 3.8) is 0 Å². The molecule has 2 rings (SSSR count). The Bertz CT molecular complexity index is 491. The predicted molar refractivity (Wildman–Crippen MR) is 55.4 cm³/mol. The summed E-state index contributed by atoms with van der Waals surface area (Å²) in [6.45, 7) is 0. The first-order chi connectivity index (χ1) is 7.20. The zero-order valence-corrected chi connectivity index (χ0v) is 7.77. The monoisotopic (exact) mass is 203 g/mol. The molecule has 4 N–H and O–H groups in total. The highest BCUT2D eigenvalue weighted by molar-refractivity contribution is 5.98. The van der Waals surface area contributed by atoms with Crippen molar-refractivity contribution in [1.29, 1.82) is 0 Å². The van der Waals surface area contributed by atoms with Crippen LogP contribution < -0.4 is 5.73 Å². The number of aromatic carboxylic acids is 1. The van der Waals surface area contributed by atoms with Crippen LogP contribution in [0.25, 0.3) is 11.4 Å². The summed E-state index contributed by atoms with van der Waals surface area (Å²) in [6, 6.07) is 4.74. The molecule has 0 atom stereocenters. The lowest BCUT2D eigenvalue weighted by molar-refractivity contribution is 0.0697. The van der Waals surface area contributed by atoms with Gasteiger partial charge in [0.1, 0.15) is 5.82 Å². The number of nitrogen functional groups attached to an aromatic ring is 1. The molecule has 0 saturated carbocycles. The zero-order valence-electron chi connectivity index (χ0n) is 7.77. The number of hydrogen-bond acceptors (Lipinski definition) is 3. The van der Waals surface area contributed by atoms with Crippen LogP contribution in [-0.2, 0) is 0 Å². The number of rotatable bonds is 2. The molecule has 1 heterocycles. The Hall–Kier alpha value is -2.30. The molecule has 0 fully saturated rings. The van der Waals surface area contributed by atoms with E-state index in [9.17, 15) is 4.79 Å². The van der Waals surface area contributed by atoms with E-state index < -0.39 is 5.97 Å². The maximum atomic E-state index is 11.0. The molecule has 0 spiro atoms. The van der Waals surface area contributed by atoms with Gasteiger partial charge in [0.15, 0.2) is 0 Å². The van der Waals surface area contributed by atoms with Crippen LogP contribution in [0.15, 0.2) is 30.6 Å². The van der Waals surface area contributed by atoms with Crippen molar-refractivity contribution < 1.29 is 9.90 Å². The van der Waals surface area contributed by atoms with E-state index in [0.29, 0.717) is 17.1 Å². The Kier molecular flexibility index (Phi) is 2.13. The normalized spacial score (nSPS) is 10.1. The third-order valence-electron chi connectivity index (χ3n) is 2.06. The lowest BCUT2D eigenvalue weighted by Gasteiger charge is -2.06. The summed E-state index contributed by atoms with van der Waals surface area (Å²) in [5.41, 5.74) is 6.69. The van der Waals surface area contributed by atoms with Crippen molar-refractivity contribution in [2.24, 2.45) is 0 Å². The molecule has 0 aliphatic carbocycles. The van der Waals surface area contributed by atoms with Gasteiger partial charge in [-0.1, -0.05) is 6.07 Å². The number of hydrogen-bond donors (Lipinski definition) is 3. The van der Waals surface area contributed by atoms with Crippen molar-refractivity contribution >= 4 is 11.7 Å². The third-order valence-corrected chi connectivity index (χ3v) is 2.06. The number of nitrogens with one attached hydrogen (secondary N) is 1. The van der Waals surface area contributed by atoms with Gasteiger partial charge in [0, 0.05) is 18.1 Å². The molecular weight excluding hydrogens is 194 g/mol. The zero-order chi connectivity index (χ0) is 10.8. The SMILES string of the molecule is Nc1cccc(C(=O)O)c1-c1ncc[nH]1. The fourth-order valence-corrected chi connectivity index (χ4v) is 1.41. The quantitative estimate of drug-likeness (QED) is 0.642. The Morgan fingerprint density at radius 2 is 2.27 bits per heavy atom. The second kappa shape index (κ2) is 3.45. The molecule has 15 heavy (non-hydrogen) atoms. The second-order valence-corrected chi connectivity index (χ2v) is 3.01. The molecule has 0 aliphatic heterocycles. The molecular formula is C10H9N3O2. The summed E-state index contributed by atoms with van der Waals surface area (Å²) in [5, 5.41) is 8.99. The number of imidazole rings is 1. The molecule has 5 heteroatoms. The maximum absolute atomic E-state index is 11.0. The molecule has 0 amide bonds. The number of aromatic nitrogens is 2. The topological polar surface area (TPSA) is 92.0 Å². The minimum Gasteiger partial charge on any atom is -0.478 e. The average molecular weight is 203 g/mol. The first-order valence-corrected chi connectivity index (χ1v) is 4.31. The number of carbonyl (C=O) groups is 1. The third kappa shape index (κ3) is 1.54. The van der Waals surface area contributed by atoms with Gasteiger partial charge in [-0.25, -0.2) is 9.78 Å². The van der Waals surface area contributed by atoms with Crippen molar-refractivity contribution in [3.05, 3.63) is 36.2 Å². The first-order valence-electron chi connectivity index (χ1n) is 4.31. The summed E-state index contributed by atoms with van der Waals surface area (Å²) in [6.07, 6.45) is 3.17. The predicted octanol–water partition coefficient (Wildman–Crippen LogP) is 1.36. The van der Waals surface area contributed by atoms with Crippen LogP contribution in [0.5, 0.6) is 0 Å². The number of nitrogens with two attached hydrogens (primary N) is 1. The largest absolute Gasteiger partial charge is 0.478 e. The maximum Gasteiger partial charge on any atom is 0.336 e. The van der Waals surface area contributed by atoms with Crippen LogP contribution in [-0.4, -0.2) is 21.0 Å². The summed E-state index contributed by atoms with van der Waals surface area (Å²) < 4.78 is 0. The average Bonchev–Trinajstić information content (AvgIpc) is 2.70. The van der Waals surface area contributed by atoms with Crippen molar-refractivity contribution in [3.8, 4) is 11.4 Å². The standard InChI is InChI=1S/C10H9N3O2/c11-7-3-1-2-6(10(14)15)8(7)9-12-4-5-13-9/h1-5H,11H2,(H,12,13)(H,14,15). The molecule has 5 nitrogen and oxygen atoms in total. The van der Waals surface area contributed by atoms with Crippen molar-refractivity contribution in [2.75, 3.05) is 5.73 Å². The second-order valence-electron chi connectivity index (χ2n) is 3.01.